The smallest absolute Gasteiger partial charge is 0.231 e. The first-order valence-electron chi connectivity index (χ1n) is 6.75. The van der Waals surface area contributed by atoms with Crippen molar-refractivity contribution in [1.29, 1.82) is 0 Å². The molecule has 1 aliphatic rings. The zero-order valence-corrected chi connectivity index (χ0v) is 14.7. The number of benzene rings is 2. The summed E-state index contributed by atoms with van der Waals surface area (Å²) in [6, 6.07) is 11.4. The molecule has 0 aromatic heterocycles. The molecule has 0 atom stereocenters. The number of hydrogen-bond acceptors (Lipinski definition) is 3. The molecule has 1 heterocycles. The van der Waals surface area contributed by atoms with Gasteiger partial charge in [0.1, 0.15) is 0 Å². The van der Waals surface area contributed by atoms with E-state index in [2.05, 4.69) is 37.2 Å². The van der Waals surface area contributed by atoms with Crippen LogP contribution >= 0.6 is 31.9 Å². The zero-order chi connectivity index (χ0) is 15.5. The quantitative estimate of drug-likeness (QED) is 0.782. The SMILES string of the molecule is O=C(CCc1ccc2c(c1)OCO2)Nc1ccc(Br)cc1Br. The number of carbonyl (C=O) groups is 1. The Bertz CT molecular complexity index is 719. The molecule has 114 valence electrons. The van der Waals surface area contributed by atoms with Crippen molar-refractivity contribution in [2.24, 2.45) is 0 Å². The number of ether oxygens (including phenoxy) is 2. The van der Waals surface area contributed by atoms with Crippen molar-refractivity contribution >= 4 is 43.5 Å². The van der Waals surface area contributed by atoms with Gasteiger partial charge in [-0.2, -0.15) is 0 Å². The minimum absolute atomic E-state index is 0.0271. The van der Waals surface area contributed by atoms with E-state index in [4.69, 9.17) is 9.47 Å². The molecule has 0 unspecified atom stereocenters. The molecular weight excluding hydrogens is 414 g/mol. The minimum atomic E-state index is -0.0271. The third kappa shape index (κ3) is 3.62. The highest BCUT2D eigenvalue weighted by Crippen LogP contribution is 2.33. The van der Waals surface area contributed by atoms with Gasteiger partial charge in [-0.3, -0.25) is 4.79 Å². The maximum absolute atomic E-state index is 12.1. The topological polar surface area (TPSA) is 47.6 Å². The van der Waals surface area contributed by atoms with Crippen molar-refractivity contribution in [1.82, 2.24) is 0 Å². The van der Waals surface area contributed by atoms with Crippen molar-refractivity contribution in [2.75, 3.05) is 12.1 Å². The first-order valence-corrected chi connectivity index (χ1v) is 8.34. The summed E-state index contributed by atoms with van der Waals surface area (Å²) in [6.45, 7) is 0.261. The standard InChI is InChI=1S/C16H13Br2NO3/c17-11-3-4-13(12(18)8-11)19-16(20)6-2-10-1-5-14-15(7-10)22-9-21-14/h1,3-5,7-8H,2,6,9H2,(H,19,20). The number of anilines is 1. The summed E-state index contributed by atoms with van der Waals surface area (Å²) in [6.07, 6.45) is 1.05. The molecule has 6 heteroatoms. The van der Waals surface area contributed by atoms with Crippen LogP contribution in [0.5, 0.6) is 11.5 Å². The van der Waals surface area contributed by atoms with Gasteiger partial charge in [0, 0.05) is 15.4 Å². The Labute approximate surface area is 145 Å². The highest BCUT2D eigenvalue weighted by atomic mass is 79.9. The molecule has 22 heavy (non-hydrogen) atoms. The normalized spacial score (nSPS) is 12.3. The lowest BCUT2D eigenvalue weighted by atomic mass is 10.1. The number of fused-ring (bicyclic) bond motifs is 1. The van der Waals surface area contributed by atoms with E-state index in [1.165, 1.54) is 0 Å². The van der Waals surface area contributed by atoms with Crippen molar-refractivity contribution < 1.29 is 14.3 Å². The molecule has 3 rings (SSSR count). The fourth-order valence-electron chi connectivity index (χ4n) is 2.16. The molecule has 0 spiro atoms. The molecule has 0 saturated heterocycles. The summed E-state index contributed by atoms with van der Waals surface area (Å²) in [7, 11) is 0. The van der Waals surface area contributed by atoms with Crippen LogP contribution in [0.15, 0.2) is 45.3 Å². The Kier molecular flexibility index (Phi) is 4.69. The van der Waals surface area contributed by atoms with Crippen LogP contribution in [0.2, 0.25) is 0 Å². The van der Waals surface area contributed by atoms with Crippen molar-refractivity contribution in [3.05, 3.63) is 50.9 Å². The molecule has 0 saturated carbocycles. The first kappa shape index (κ1) is 15.4. The summed E-state index contributed by atoms with van der Waals surface area (Å²) in [4.78, 5) is 12.1. The third-order valence-corrected chi connectivity index (χ3v) is 4.43. The second-order valence-electron chi connectivity index (χ2n) is 4.86. The van der Waals surface area contributed by atoms with Gasteiger partial charge in [0.15, 0.2) is 11.5 Å². The molecule has 1 N–H and O–H groups in total. The number of carbonyl (C=O) groups excluding carboxylic acids is 1. The summed E-state index contributed by atoms with van der Waals surface area (Å²) in [5.41, 5.74) is 1.81. The van der Waals surface area contributed by atoms with E-state index in [9.17, 15) is 4.79 Å². The van der Waals surface area contributed by atoms with Gasteiger partial charge in [0.2, 0.25) is 12.7 Å². The van der Waals surface area contributed by atoms with Gasteiger partial charge in [-0.1, -0.05) is 22.0 Å². The number of halogens is 2. The predicted molar refractivity (Wildman–Crippen MR) is 91.4 cm³/mol. The van der Waals surface area contributed by atoms with Crippen LogP contribution in [-0.2, 0) is 11.2 Å². The average molecular weight is 427 g/mol. The Balaban J connectivity index is 1.58. The molecule has 4 nitrogen and oxygen atoms in total. The first-order chi connectivity index (χ1) is 10.6. The largest absolute Gasteiger partial charge is 0.454 e. The molecule has 1 aliphatic heterocycles. The van der Waals surface area contributed by atoms with Crippen LogP contribution in [0.3, 0.4) is 0 Å². The lowest BCUT2D eigenvalue weighted by molar-refractivity contribution is -0.116. The van der Waals surface area contributed by atoms with Crippen LogP contribution < -0.4 is 14.8 Å². The highest BCUT2D eigenvalue weighted by molar-refractivity contribution is 9.11. The molecule has 2 aromatic rings. The van der Waals surface area contributed by atoms with E-state index in [0.717, 1.165) is 31.7 Å². The molecular formula is C16H13Br2NO3. The van der Waals surface area contributed by atoms with Gasteiger partial charge in [0.25, 0.3) is 0 Å². The van der Waals surface area contributed by atoms with Crippen molar-refractivity contribution in [2.45, 2.75) is 12.8 Å². The van der Waals surface area contributed by atoms with Crippen LogP contribution in [-0.4, -0.2) is 12.7 Å². The van der Waals surface area contributed by atoms with Gasteiger partial charge in [0.05, 0.1) is 5.69 Å². The van der Waals surface area contributed by atoms with E-state index >= 15 is 0 Å². The maximum atomic E-state index is 12.1. The summed E-state index contributed by atoms with van der Waals surface area (Å²) >= 11 is 6.81. The number of amides is 1. The summed E-state index contributed by atoms with van der Waals surface area (Å²) < 4.78 is 12.4. The predicted octanol–water partition coefficient (Wildman–Crippen LogP) is 4.51. The van der Waals surface area contributed by atoms with Gasteiger partial charge >= 0.3 is 0 Å². The summed E-state index contributed by atoms with van der Waals surface area (Å²) in [5, 5.41) is 2.90. The average Bonchev–Trinajstić information content (AvgIpc) is 2.95. The van der Waals surface area contributed by atoms with Gasteiger partial charge in [-0.05, 0) is 58.2 Å². The molecule has 1 amide bonds. The molecule has 0 bridgehead atoms. The van der Waals surface area contributed by atoms with Crippen molar-refractivity contribution in [3.8, 4) is 11.5 Å². The minimum Gasteiger partial charge on any atom is -0.454 e. The van der Waals surface area contributed by atoms with E-state index < -0.39 is 0 Å². The Hall–Kier alpha value is -1.53. The number of nitrogens with one attached hydrogen (secondary N) is 1. The van der Waals surface area contributed by atoms with Crippen LogP contribution in [0.4, 0.5) is 5.69 Å². The lowest BCUT2D eigenvalue weighted by Crippen LogP contribution is -2.12. The van der Waals surface area contributed by atoms with Crippen molar-refractivity contribution in [3.63, 3.8) is 0 Å². The van der Waals surface area contributed by atoms with E-state index in [-0.39, 0.29) is 12.7 Å². The second kappa shape index (κ2) is 6.71. The maximum Gasteiger partial charge on any atom is 0.231 e. The zero-order valence-electron chi connectivity index (χ0n) is 11.6. The Morgan fingerprint density at radius 1 is 1.09 bits per heavy atom. The molecule has 0 radical (unpaired) electrons. The van der Waals surface area contributed by atoms with Crippen LogP contribution in [0, 0.1) is 0 Å². The second-order valence-corrected chi connectivity index (χ2v) is 6.63. The number of rotatable bonds is 4. The third-order valence-electron chi connectivity index (χ3n) is 3.28. The van der Waals surface area contributed by atoms with Gasteiger partial charge < -0.3 is 14.8 Å². The monoisotopic (exact) mass is 425 g/mol. The number of aryl methyl sites for hydroxylation is 1. The Morgan fingerprint density at radius 2 is 1.91 bits per heavy atom. The molecule has 0 aliphatic carbocycles. The number of hydrogen-bond donors (Lipinski definition) is 1. The fraction of sp³-hybridized carbons (Fsp3) is 0.188. The summed E-state index contributed by atoms with van der Waals surface area (Å²) in [5.74, 6) is 1.47. The van der Waals surface area contributed by atoms with E-state index in [0.29, 0.717) is 12.8 Å². The van der Waals surface area contributed by atoms with Crippen LogP contribution in [0.1, 0.15) is 12.0 Å². The highest BCUT2D eigenvalue weighted by Gasteiger charge is 2.14. The van der Waals surface area contributed by atoms with E-state index in [1.54, 1.807) is 0 Å². The molecule has 0 fully saturated rings. The fourth-order valence-corrected chi connectivity index (χ4v) is 3.30. The van der Waals surface area contributed by atoms with Gasteiger partial charge in [-0.15, -0.1) is 0 Å². The molecule has 2 aromatic carbocycles. The van der Waals surface area contributed by atoms with E-state index in [1.807, 2.05) is 36.4 Å². The van der Waals surface area contributed by atoms with Gasteiger partial charge in [-0.25, -0.2) is 0 Å². The lowest BCUT2D eigenvalue weighted by Gasteiger charge is -2.08. The Morgan fingerprint density at radius 3 is 2.73 bits per heavy atom. The van der Waals surface area contributed by atoms with Crippen LogP contribution in [0.25, 0.3) is 0 Å².